The topological polar surface area (TPSA) is 291 Å². The number of likely N-dealkylation sites (N-methyl/N-ethyl adjacent to an activating group) is 2. The molecule has 4 N–H and O–H groups in total. The van der Waals surface area contributed by atoms with Gasteiger partial charge in [-0.25, -0.2) is 0 Å². The average molecular weight is 1850 g/mol. The van der Waals surface area contributed by atoms with E-state index in [0.29, 0.717) is 100 Å². The first-order valence-corrected chi connectivity index (χ1v) is 42.2. The zero-order chi connectivity index (χ0) is 90.9. The number of hydrogen-bond donors (Lipinski definition) is 4. The largest absolute Gasteiger partial charge is 0.507 e. The average Bonchev–Trinajstić information content (AvgIpc) is 1.66. The predicted molar refractivity (Wildman–Crippen MR) is 434 cm³/mol. The molecule has 13 heterocycles. The van der Waals surface area contributed by atoms with Gasteiger partial charge in [0.2, 0.25) is 40.4 Å². The van der Waals surface area contributed by atoms with Crippen LogP contribution in [-0.2, 0) is 30.9 Å². The molecule has 12 aromatic rings. The Labute approximate surface area is 722 Å². The van der Waals surface area contributed by atoms with Gasteiger partial charge in [-0.05, 0) is 192 Å². The summed E-state index contributed by atoms with van der Waals surface area (Å²) in [6.45, 7) is 11.4. The van der Waals surface area contributed by atoms with Crippen LogP contribution in [0.5, 0.6) is 11.5 Å². The summed E-state index contributed by atoms with van der Waals surface area (Å²) in [7, 11) is 7.09. The van der Waals surface area contributed by atoms with Crippen molar-refractivity contribution in [2.24, 2.45) is 5.92 Å². The van der Waals surface area contributed by atoms with Crippen molar-refractivity contribution in [2.45, 2.75) is 116 Å². The molecule has 0 unspecified atom stereocenters. The van der Waals surface area contributed by atoms with Crippen molar-refractivity contribution in [3.8, 4) is 64.4 Å². The fourth-order valence-electron chi connectivity index (χ4n) is 13.8. The highest BCUT2D eigenvalue weighted by atomic mass is 32.1. The smallest absolute Gasteiger partial charge is 0.452 e. The molecule has 43 heteroatoms. The molecule has 3 atom stereocenters. The standard InChI is InChI=1S/C17H20F3N3O2S.C17H12F3NO3S.2C16H18F3N3O2S.C16H10F3NO3S/c1-10-14(22-25-15(10)17(18,19)20)12-5-6-13(26-12)16(24)23-7-3-4-11(9-23)8-21-2;1-9-14(21-24-16(9)17(18,19)20)12-7-8-13(25-12)15(22)10-5-3-4-6-11(10)23-2;2*1-9-13(21-24-14(9)16(17,18)19)11-5-6-12(25-11)15(23)22-7-3-4-10(8-22)20-2;1-8-13(20-23-15(8)16(17,18)19)11-6-7-12(24-11)14(22)9-4-2-3-5-10(9)21/h5-6,11,21H,3-4,7-9H2,1-2H3;3-8H,1-2H3;2*5-6,10,20H,3-4,7-8H2,1-2H3;2-7,21H,1H3/t11-;;2*10-;/m1.10./s1. The zero-order valence-electron chi connectivity index (χ0n) is 67.5. The molecule has 125 heavy (non-hydrogen) atoms. The van der Waals surface area contributed by atoms with Gasteiger partial charge in [-0.3, -0.25) is 24.0 Å². The van der Waals surface area contributed by atoms with Gasteiger partial charge in [0.05, 0.1) is 67.0 Å². The number of nitrogens with one attached hydrogen (secondary N) is 3. The Balaban J connectivity index is 0.000000152. The van der Waals surface area contributed by atoms with E-state index in [2.05, 4.69) is 64.3 Å². The van der Waals surface area contributed by atoms with E-state index in [4.69, 9.17) is 4.74 Å². The van der Waals surface area contributed by atoms with E-state index >= 15 is 0 Å². The lowest BCUT2D eigenvalue weighted by Gasteiger charge is -2.32. The number of thiophene rings is 5. The van der Waals surface area contributed by atoms with Crippen LogP contribution in [0.25, 0.3) is 52.9 Å². The molecule has 2 aromatic carbocycles. The van der Waals surface area contributed by atoms with Gasteiger partial charge in [0.25, 0.3) is 17.7 Å². The quantitative estimate of drug-likeness (QED) is 0.0486. The number of phenolic OH excluding ortho intramolecular Hbond substituents is 1. The van der Waals surface area contributed by atoms with Crippen molar-refractivity contribution in [2.75, 3.05) is 74.1 Å². The third-order valence-corrected chi connectivity index (χ3v) is 25.6. The normalized spacial score (nSPS) is 15.8. The molecule has 10 aromatic heterocycles. The first-order valence-electron chi connectivity index (χ1n) is 38.1. The summed E-state index contributed by atoms with van der Waals surface area (Å²) >= 11 is 5.45. The molecule has 3 amide bonds. The van der Waals surface area contributed by atoms with Crippen LogP contribution in [-0.4, -0.2) is 161 Å². The molecule has 15 rings (SSSR count). The predicted octanol–water partition coefficient (Wildman–Crippen LogP) is 20.5. The molecule has 23 nitrogen and oxygen atoms in total. The number of nitrogens with zero attached hydrogens (tertiary/aromatic N) is 8. The Morgan fingerprint density at radius 1 is 0.400 bits per heavy atom. The van der Waals surface area contributed by atoms with Gasteiger partial charge in [0.1, 0.15) is 40.0 Å². The number of aromatic nitrogens is 5. The fraction of sp³-hybridized carbons (Fsp3) is 0.366. The molecule has 0 aliphatic carbocycles. The van der Waals surface area contributed by atoms with E-state index in [1.54, 1.807) is 94.7 Å². The number of hydrogen-bond acceptors (Lipinski definition) is 25. The van der Waals surface area contributed by atoms with Gasteiger partial charge in [-0.2, -0.15) is 65.9 Å². The van der Waals surface area contributed by atoms with E-state index in [9.17, 15) is 94.9 Å². The summed E-state index contributed by atoms with van der Waals surface area (Å²) in [6.07, 6.45) is -17.1. The number of methoxy groups -OCH3 is 1. The summed E-state index contributed by atoms with van der Waals surface area (Å²) in [4.78, 5) is 72.8. The second kappa shape index (κ2) is 39.8. The number of amides is 3. The Kier molecular flexibility index (Phi) is 30.2. The summed E-state index contributed by atoms with van der Waals surface area (Å²) in [5.41, 5.74) is 0.578. The van der Waals surface area contributed by atoms with E-state index in [-0.39, 0.29) is 108 Å². The minimum absolute atomic E-state index is 0.0451. The zero-order valence-corrected chi connectivity index (χ0v) is 71.6. The molecule has 3 saturated heterocycles. The number of halogens is 15. The van der Waals surface area contributed by atoms with Crippen molar-refractivity contribution in [3.63, 3.8) is 0 Å². The minimum Gasteiger partial charge on any atom is -0.507 e. The number of carbonyl (C=O) groups is 5. The van der Waals surface area contributed by atoms with Crippen molar-refractivity contribution in [3.05, 3.63) is 201 Å². The number of piperidine rings is 3. The van der Waals surface area contributed by atoms with Crippen LogP contribution >= 0.6 is 56.7 Å². The summed E-state index contributed by atoms with van der Waals surface area (Å²) in [5, 5.41) is 36.8. The molecule has 0 bridgehead atoms. The second-order valence-electron chi connectivity index (χ2n) is 28.7. The van der Waals surface area contributed by atoms with Crippen LogP contribution < -0.4 is 20.7 Å². The van der Waals surface area contributed by atoms with Gasteiger partial charge >= 0.3 is 30.9 Å². The number of likely N-dealkylation sites (tertiary alicyclic amines) is 3. The third kappa shape index (κ3) is 22.3. The van der Waals surface area contributed by atoms with E-state index < -0.39 is 65.5 Å². The highest BCUT2D eigenvalue weighted by molar-refractivity contribution is 7.19. The van der Waals surface area contributed by atoms with Crippen LogP contribution in [0.3, 0.4) is 0 Å². The van der Waals surface area contributed by atoms with Crippen molar-refractivity contribution in [1.82, 2.24) is 56.4 Å². The van der Waals surface area contributed by atoms with Gasteiger partial charge in [-0.1, -0.05) is 50.0 Å². The maximum absolute atomic E-state index is 12.9. The second-order valence-corrected chi connectivity index (χ2v) is 34.1. The molecule has 3 aliphatic rings. The number of phenols is 1. The van der Waals surface area contributed by atoms with Crippen LogP contribution in [0.4, 0.5) is 65.9 Å². The maximum atomic E-state index is 12.9. The number of aromatic hydroxyl groups is 1. The van der Waals surface area contributed by atoms with Crippen LogP contribution in [0.1, 0.15) is 155 Å². The lowest BCUT2D eigenvalue weighted by atomic mass is 9.98. The third-order valence-electron chi connectivity index (χ3n) is 20.2. The van der Waals surface area contributed by atoms with E-state index in [0.717, 1.165) is 102 Å². The fourth-order valence-corrected chi connectivity index (χ4v) is 18.8. The SMILES string of the molecule is CNC[C@H]1CCCN(C(=O)c2ccc(-c3noc(C(F)(F)F)c3C)s2)C1.CN[C@@H]1CCCN(C(=O)c2ccc(-c3noc(C(F)(F)F)c3C)s2)C1.CN[C@H]1CCCN(C(=O)c2ccc(-c3noc(C(F)(F)F)c3C)s2)C1.COc1ccccc1C(=O)c1ccc(-c2noc(C(F)(F)F)c2C)s1.Cc1c(-c2ccc(C(=O)c3ccccc3O)s2)noc1C(F)(F)F. The van der Waals surface area contributed by atoms with Crippen molar-refractivity contribution < 1.29 is 122 Å². The van der Waals surface area contributed by atoms with Gasteiger partial charge < -0.3 is 63.1 Å². The monoisotopic (exact) mass is 1850 g/mol. The van der Waals surface area contributed by atoms with E-state index in [1.807, 2.05) is 26.0 Å². The Morgan fingerprint density at radius 2 is 0.680 bits per heavy atom. The van der Waals surface area contributed by atoms with E-state index in [1.165, 1.54) is 66.0 Å². The van der Waals surface area contributed by atoms with Gasteiger partial charge in [0.15, 0.2) is 0 Å². The molecule has 0 radical (unpaired) electrons. The number of ketones is 2. The number of ether oxygens (including phenoxy) is 1. The first kappa shape index (κ1) is 94.8. The van der Waals surface area contributed by atoms with Crippen molar-refractivity contribution >= 4 is 86.0 Å². The molecular weight excluding hydrogens is 1780 g/mol. The van der Waals surface area contributed by atoms with Crippen LogP contribution in [0.2, 0.25) is 0 Å². The Hall–Kier alpha value is -10.8. The van der Waals surface area contributed by atoms with Gasteiger partial charge in [0, 0.05) is 79.2 Å². The summed E-state index contributed by atoms with van der Waals surface area (Å²) in [5.74, 6) is -5.87. The molecular formula is C82H78F15N11O12S5. The maximum Gasteiger partial charge on any atom is 0.452 e. The number of benzene rings is 2. The van der Waals surface area contributed by atoms with Crippen LogP contribution in [0, 0.1) is 40.5 Å². The molecule has 0 spiro atoms. The molecule has 668 valence electrons. The highest BCUT2D eigenvalue weighted by Crippen LogP contribution is 2.45. The number of carbonyl (C=O) groups excluding carboxylic acids is 5. The summed E-state index contributed by atoms with van der Waals surface area (Å²) < 4.78 is 220. The number of para-hydroxylation sites is 2. The first-order chi connectivity index (χ1) is 59.0. The summed E-state index contributed by atoms with van der Waals surface area (Å²) in [6, 6.07) is 29.2. The number of alkyl halides is 15. The minimum atomic E-state index is -4.62. The Bertz CT molecular complexity index is 5630. The van der Waals surface area contributed by atoms with Crippen molar-refractivity contribution in [1.29, 1.82) is 0 Å². The Morgan fingerprint density at radius 3 is 0.976 bits per heavy atom. The lowest BCUT2D eigenvalue weighted by molar-refractivity contribution is -0.156. The number of rotatable bonds is 17. The molecule has 3 aliphatic heterocycles. The van der Waals surface area contributed by atoms with Gasteiger partial charge in [-0.15, -0.1) is 56.7 Å². The molecule has 0 saturated carbocycles. The highest BCUT2D eigenvalue weighted by Gasteiger charge is 2.44. The molecule has 3 fully saturated rings. The lowest BCUT2D eigenvalue weighted by Crippen LogP contribution is -2.46. The van der Waals surface area contributed by atoms with Crippen LogP contribution in [0.15, 0.2) is 132 Å².